The van der Waals surface area contributed by atoms with Crippen LogP contribution in [0.3, 0.4) is 0 Å². The van der Waals surface area contributed by atoms with Crippen LogP contribution in [0.25, 0.3) is 0 Å². The van der Waals surface area contributed by atoms with E-state index in [-0.39, 0.29) is 12.1 Å². The summed E-state index contributed by atoms with van der Waals surface area (Å²) in [5.41, 5.74) is 5.95. The van der Waals surface area contributed by atoms with Gasteiger partial charge in [0.25, 0.3) is 0 Å². The summed E-state index contributed by atoms with van der Waals surface area (Å²) in [4.78, 5) is 1.44. The fourth-order valence-electron chi connectivity index (χ4n) is 1.31. The third-order valence-electron chi connectivity index (χ3n) is 2.34. The summed E-state index contributed by atoms with van der Waals surface area (Å²) in [5, 5.41) is 11.7. The number of aromatic nitrogens is 4. The van der Waals surface area contributed by atoms with Crippen LogP contribution in [-0.4, -0.2) is 39.5 Å². The van der Waals surface area contributed by atoms with Gasteiger partial charge in [0.05, 0.1) is 13.2 Å². The Balaban J connectivity index is 2.27. The second-order valence-corrected chi connectivity index (χ2v) is 3.78. The highest BCUT2D eigenvalue weighted by Gasteiger charge is 2.10. The molecule has 2 atom stereocenters. The quantitative estimate of drug-likeness (QED) is 0.713. The van der Waals surface area contributed by atoms with Crippen molar-refractivity contribution < 1.29 is 4.74 Å². The first-order chi connectivity index (χ1) is 7.11. The van der Waals surface area contributed by atoms with Gasteiger partial charge in [-0.15, -0.1) is 10.2 Å². The number of hydrogen-bond donors (Lipinski definition) is 1. The topological polar surface area (TPSA) is 78.9 Å². The molecule has 0 amide bonds. The number of rotatable bonds is 6. The SMILES string of the molecule is COC(C)CCC(N)Cc1nnn(C)n1. The summed E-state index contributed by atoms with van der Waals surface area (Å²) in [5.74, 6) is 0.704. The molecule has 0 aliphatic rings. The highest BCUT2D eigenvalue weighted by atomic mass is 16.5. The van der Waals surface area contributed by atoms with Gasteiger partial charge in [0.15, 0.2) is 5.82 Å². The van der Waals surface area contributed by atoms with E-state index in [9.17, 15) is 0 Å². The molecule has 0 aliphatic heterocycles. The fourth-order valence-corrected chi connectivity index (χ4v) is 1.31. The van der Waals surface area contributed by atoms with Gasteiger partial charge in [-0.05, 0) is 25.0 Å². The van der Waals surface area contributed by atoms with E-state index in [0.717, 1.165) is 12.8 Å². The number of tetrazole rings is 1. The van der Waals surface area contributed by atoms with Crippen molar-refractivity contribution in [3.63, 3.8) is 0 Å². The maximum atomic E-state index is 5.95. The van der Waals surface area contributed by atoms with Crippen LogP contribution in [-0.2, 0) is 18.2 Å². The first-order valence-electron chi connectivity index (χ1n) is 5.13. The molecule has 6 nitrogen and oxygen atoms in total. The highest BCUT2D eigenvalue weighted by molar-refractivity contribution is 4.82. The molecule has 1 heterocycles. The smallest absolute Gasteiger partial charge is 0.176 e. The molecular weight excluding hydrogens is 194 g/mol. The predicted molar refractivity (Wildman–Crippen MR) is 56.2 cm³/mol. The van der Waals surface area contributed by atoms with Crippen molar-refractivity contribution in [3.05, 3.63) is 5.82 Å². The van der Waals surface area contributed by atoms with E-state index >= 15 is 0 Å². The summed E-state index contributed by atoms with van der Waals surface area (Å²) in [6, 6.07) is 0.0757. The van der Waals surface area contributed by atoms with Crippen LogP contribution in [0.15, 0.2) is 0 Å². The summed E-state index contributed by atoms with van der Waals surface area (Å²) < 4.78 is 5.15. The lowest BCUT2D eigenvalue weighted by molar-refractivity contribution is 0.107. The first kappa shape index (κ1) is 12.1. The molecule has 0 radical (unpaired) electrons. The molecular formula is C9H19N5O. The molecule has 0 saturated carbocycles. The Hall–Kier alpha value is -1.01. The minimum atomic E-state index is 0.0757. The Kier molecular flexibility index (Phi) is 4.64. The zero-order valence-corrected chi connectivity index (χ0v) is 9.55. The zero-order chi connectivity index (χ0) is 11.3. The van der Waals surface area contributed by atoms with Gasteiger partial charge in [0.2, 0.25) is 0 Å². The fraction of sp³-hybridized carbons (Fsp3) is 0.889. The first-order valence-corrected chi connectivity index (χ1v) is 5.13. The van der Waals surface area contributed by atoms with Gasteiger partial charge in [0, 0.05) is 19.6 Å². The summed E-state index contributed by atoms with van der Waals surface area (Å²) in [6.45, 7) is 2.04. The van der Waals surface area contributed by atoms with Gasteiger partial charge in [0.1, 0.15) is 0 Å². The Morgan fingerprint density at radius 2 is 2.20 bits per heavy atom. The average Bonchev–Trinajstić information content (AvgIpc) is 2.60. The minimum Gasteiger partial charge on any atom is -0.382 e. The molecule has 0 aliphatic carbocycles. The van der Waals surface area contributed by atoms with E-state index in [1.165, 1.54) is 4.80 Å². The van der Waals surface area contributed by atoms with E-state index in [2.05, 4.69) is 15.4 Å². The number of methoxy groups -OCH3 is 1. The molecule has 86 valence electrons. The monoisotopic (exact) mass is 213 g/mol. The van der Waals surface area contributed by atoms with Gasteiger partial charge in [-0.2, -0.15) is 4.80 Å². The maximum Gasteiger partial charge on any atom is 0.176 e. The van der Waals surface area contributed by atoms with Gasteiger partial charge >= 0.3 is 0 Å². The lowest BCUT2D eigenvalue weighted by Crippen LogP contribution is -2.25. The molecule has 2 unspecified atom stereocenters. The number of ether oxygens (including phenoxy) is 1. The molecule has 0 spiro atoms. The lowest BCUT2D eigenvalue weighted by Gasteiger charge is -2.12. The van der Waals surface area contributed by atoms with Crippen LogP contribution >= 0.6 is 0 Å². The Morgan fingerprint density at radius 3 is 2.73 bits per heavy atom. The number of nitrogens with two attached hydrogens (primary N) is 1. The van der Waals surface area contributed by atoms with E-state index in [0.29, 0.717) is 12.2 Å². The minimum absolute atomic E-state index is 0.0757. The predicted octanol–water partition coefficient (Wildman–Crippen LogP) is -0.105. The van der Waals surface area contributed by atoms with Gasteiger partial charge in [-0.25, -0.2) is 0 Å². The zero-order valence-electron chi connectivity index (χ0n) is 9.55. The van der Waals surface area contributed by atoms with Crippen molar-refractivity contribution in [3.8, 4) is 0 Å². The van der Waals surface area contributed by atoms with Crippen LogP contribution in [0.4, 0.5) is 0 Å². The van der Waals surface area contributed by atoms with Crippen molar-refractivity contribution in [2.24, 2.45) is 12.8 Å². The molecule has 1 aromatic heterocycles. The number of hydrogen-bond acceptors (Lipinski definition) is 5. The maximum absolute atomic E-state index is 5.95. The van der Waals surface area contributed by atoms with Crippen LogP contribution in [0.5, 0.6) is 0 Å². The third kappa shape index (κ3) is 4.35. The van der Waals surface area contributed by atoms with Crippen molar-refractivity contribution in [2.75, 3.05) is 7.11 Å². The summed E-state index contributed by atoms with van der Waals surface area (Å²) >= 11 is 0. The van der Waals surface area contributed by atoms with Gasteiger partial charge < -0.3 is 10.5 Å². The molecule has 0 aromatic carbocycles. The Labute approximate surface area is 89.8 Å². The van der Waals surface area contributed by atoms with E-state index in [1.807, 2.05) is 6.92 Å². The number of nitrogens with zero attached hydrogens (tertiary/aromatic N) is 4. The van der Waals surface area contributed by atoms with E-state index in [4.69, 9.17) is 10.5 Å². The normalized spacial score (nSPS) is 15.2. The van der Waals surface area contributed by atoms with Crippen LogP contribution < -0.4 is 5.73 Å². The molecule has 1 aromatic rings. The average molecular weight is 213 g/mol. The highest BCUT2D eigenvalue weighted by Crippen LogP contribution is 2.05. The van der Waals surface area contributed by atoms with Crippen molar-refractivity contribution in [1.29, 1.82) is 0 Å². The van der Waals surface area contributed by atoms with E-state index < -0.39 is 0 Å². The Bertz CT molecular complexity index is 288. The van der Waals surface area contributed by atoms with Crippen LogP contribution in [0.1, 0.15) is 25.6 Å². The number of aryl methyl sites for hydroxylation is 1. The van der Waals surface area contributed by atoms with Crippen LogP contribution in [0, 0.1) is 0 Å². The molecule has 0 saturated heterocycles. The summed E-state index contributed by atoms with van der Waals surface area (Å²) in [7, 11) is 3.45. The van der Waals surface area contributed by atoms with Gasteiger partial charge in [-0.3, -0.25) is 0 Å². The van der Waals surface area contributed by atoms with Crippen molar-refractivity contribution in [2.45, 2.75) is 38.3 Å². The lowest BCUT2D eigenvalue weighted by atomic mass is 10.1. The largest absolute Gasteiger partial charge is 0.382 e. The Morgan fingerprint density at radius 1 is 1.47 bits per heavy atom. The third-order valence-corrected chi connectivity index (χ3v) is 2.34. The standard InChI is InChI=1S/C9H19N5O/c1-7(15-3)4-5-8(10)6-9-11-13-14(2)12-9/h7-8H,4-6,10H2,1-3H3. The molecule has 2 N–H and O–H groups in total. The molecule has 0 bridgehead atoms. The molecule has 1 rings (SSSR count). The van der Waals surface area contributed by atoms with Crippen molar-refractivity contribution in [1.82, 2.24) is 20.2 Å². The molecule has 6 heteroatoms. The van der Waals surface area contributed by atoms with E-state index in [1.54, 1.807) is 14.2 Å². The van der Waals surface area contributed by atoms with Gasteiger partial charge in [-0.1, -0.05) is 0 Å². The second-order valence-electron chi connectivity index (χ2n) is 3.78. The van der Waals surface area contributed by atoms with Crippen LogP contribution in [0.2, 0.25) is 0 Å². The molecule has 0 fully saturated rings. The van der Waals surface area contributed by atoms with Crippen molar-refractivity contribution >= 4 is 0 Å². The summed E-state index contributed by atoms with van der Waals surface area (Å²) in [6.07, 6.45) is 2.79. The second kappa shape index (κ2) is 5.77. The molecule has 15 heavy (non-hydrogen) atoms.